The van der Waals surface area contributed by atoms with E-state index in [9.17, 15) is 0 Å². The number of aromatic amines is 1. The van der Waals surface area contributed by atoms with E-state index >= 15 is 0 Å². The molecule has 0 radical (unpaired) electrons. The van der Waals surface area contributed by atoms with E-state index < -0.39 is 0 Å². The van der Waals surface area contributed by atoms with Gasteiger partial charge >= 0.3 is 0 Å². The molecular formula is C16H15NO5. The molecule has 0 amide bonds. The number of benzene rings is 2. The predicted octanol–water partition coefficient (Wildman–Crippen LogP) is 3.08. The maximum atomic E-state index is 5.52. The highest BCUT2D eigenvalue weighted by molar-refractivity contribution is 6.13. The van der Waals surface area contributed by atoms with Crippen molar-refractivity contribution >= 4 is 21.8 Å². The van der Waals surface area contributed by atoms with Crippen LogP contribution in [0, 0.1) is 0 Å². The van der Waals surface area contributed by atoms with Crippen LogP contribution in [-0.2, 0) is 0 Å². The van der Waals surface area contributed by atoms with Gasteiger partial charge in [0.25, 0.3) is 0 Å². The summed E-state index contributed by atoms with van der Waals surface area (Å²) >= 11 is 0. The summed E-state index contributed by atoms with van der Waals surface area (Å²) in [5, 5.41) is 1.94. The van der Waals surface area contributed by atoms with Crippen molar-refractivity contribution < 1.29 is 23.7 Å². The fourth-order valence-corrected chi connectivity index (χ4v) is 2.88. The normalized spacial score (nSPS) is 12.9. The molecule has 0 unspecified atom stereocenters. The SMILES string of the molecule is COc1cc(OC)c2[nH]c3c(OC)c4c(cc3c2c1)OCO4. The van der Waals surface area contributed by atoms with Crippen molar-refractivity contribution in [1.29, 1.82) is 0 Å². The maximum Gasteiger partial charge on any atom is 0.231 e. The lowest BCUT2D eigenvalue weighted by molar-refractivity contribution is 0.171. The minimum absolute atomic E-state index is 0.197. The van der Waals surface area contributed by atoms with Gasteiger partial charge < -0.3 is 28.7 Å². The van der Waals surface area contributed by atoms with Crippen molar-refractivity contribution in [2.45, 2.75) is 0 Å². The van der Waals surface area contributed by atoms with Gasteiger partial charge in [-0.3, -0.25) is 0 Å². The van der Waals surface area contributed by atoms with Gasteiger partial charge in [0.1, 0.15) is 11.5 Å². The Kier molecular flexibility index (Phi) is 2.72. The minimum atomic E-state index is 0.197. The van der Waals surface area contributed by atoms with E-state index in [0.717, 1.165) is 27.6 Å². The first-order valence-corrected chi connectivity index (χ1v) is 6.80. The van der Waals surface area contributed by atoms with Crippen LogP contribution in [0.25, 0.3) is 21.8 Å². The third kappa shape index (κ3) is 1.60. The summed E-state index contributed by atoms with van der Waals surface area (Å²) in [5.74, 6) is 3.35. The highest BCUT2D eigenvalue weighted by Gasteiger charge is 2.25. The van der Waals surface area contributed by atoms with Crippen molar-refractivity contribution in [3.8, 4) is 28.7 Å². The van der Waals surface area contributed by atoms with Gasteiger partial charge in [0, 0.05) is 16.8 Å². The molecule has 1 N–H and O–H groups in total. The highest BCUT2D eigenvalue weighted by Crippen LogP contribution is 2.48. The Morgan fingerprint density at radius 1 is 0.909 bits per heavy atom. The van der Waals surface area contributed by atoms with E-state index in [1.165, 1.54) is 0 Å². The molecule has 0 bridgehead atoms. The lowest BCUT2D eigenvalue weighted by atomic mass is 10.1. The molecule has 0 fully saturated rings. The smallest absolute Gasteiger partial charge is 0.231 e. The standard InChI is InChI=1S/C16H15NO5/c1-18-8-4-9-10-6-12-15(22-7-21-12)16(20-3)14(10)17-13(9)11(5-8)19-2/h4-6,17H,7H2,1-3H3. The Balaban J connectivity index is 2.15. The molecule has 6 nitrogen and oxygen atoms in total. The molecule has 6 heteroatoms. The topological polar surface area (TPSA) is 61.9 Å². The summed E-state index contributed by atoms with van der Waals surface area (Å²) in [6, 6.07) is 5.74. The molecule has 1 aliphatic rings. The quantitative estimate of drug-likeness (QED) is 0.805. The predicted molar refractivity (Wildman–Crippen MR) is 81.6 cm³/mol. The molecule has 114 valence electrons. The monoisotopic (exact) mass is 301 g/mol. The second-order valence-corrected chi connectivity index (χ2v) is 4.94. The first-order valence-electron chi connectivity index (χ1n) is 6.80. The second-order valence-electron chi connectivity index (χ2n) is 4.94. The van der Waals surface area contributed by atoms with E-state index in [-0.39, 0.29) is 6.79 Å². The summed E-state index contributed by atoms with van der Waals surface area (Å²) in [6.45, 7) is 0.197. The minimum Gasteiger partial charge on any atom is -0.497 e. The average molecular weight is 301 g/mol. The Labute approximate surface area is 126 Å². The fourth-order valence-electron chi connectivity index (χ4n) is 2.88. The highest BCUT2D eigenvalue weighted by atomic mass is 16.7. The van der Waals surface area contributed by atoms with Crippen LogP contribution in [-0.4, -0.2) is 33.1 Å². The Bertz CT molecular complexity index is 883. The third-order valence-corrected chi connectivity index (χ3v) is 3.90. The molecular weight excluding hydrogens is 286 g/mol. The van der Waals surface area contributed by atoms with E-state index in [0.29, 0.717) is 23.0 Å². The number of fused-ring (bicyclic) bond motifs is 4. The molecule has 1 aromatic heterocycles. The average Bonchev–Trinajstić information content (AvgIpc) is 3.15. The zero-order chi connectivity index (χ0) is 15.3. The van der Waals surface area contributed by atoms with Crippen LogP contribution in [0.5, 0.6) is 28.7 Å². The molecule has 3 aromatic rings. The second kappa shape index (κ2) is 4.62. The van der Waals surface area contributed by atoms with Crippen molar-refractivity contribution in [2.75, 3.05) is 28.1 Å². The fraction of sp³-hybridized carbons (Fsp3) is 0.250. The molecule has 0 saturated heterocycles. The van der Waals surface area contributed by atoms with Crippen LogP contribution in [0.4, 0.5) is 0 Å². The Morgan fingerprint density at radius 3 is 2.45 bits per heavy atom. The lowest BCUT2D eigenvalue weighted by Gasteiger charge is -2.06. The van der Waals surface area contributed by atoms with Gasteiger partial charge in [-0.05, 0) is 12.1 Å². The van der Waals surface area contributed by atoms with Crippen LogP contribution < -0.4 is 23.7 Å². The largest absolute Gasteiger partial charge is 0.497 e. The number of methoxy groups -OCH3 is 3. The lowest BCUT2D eigenvalue weighted by Crippen LogP contribution is -1.94. The summed E-state index contributed by atoms with van der Waals surface area (Å²) in [4.78, 5) is 3.36. The number of hydrogen-bond donors (Lipinski definition) is 1. The first-order chi connectivity index (χ1) is 10.8. The molecule has 0 aliphatic carbocycles. The van der Waals surface area contributed by atoms with Gasteiger partial charge in [-0.25, -0.2) is 0 Å². The zero-order valence-corrected chi connectivity index (χ0v) is 12.5. The number of hydrogen-bond acceptors (Lipinski definition) is 5. The summed E-state index contributed by atoms with van der Waals surface area (Å²) in [7, 11) is 4.87. The number of ether oxygens (including phenoxy) is 5. The molecule has 4 rings (SSSR count). The van der Waals surface area contributed by atoms with E-state index in [1.807, 2.05) is 18.2 Å². The van der Waals surface area contributed by atoms with Gasteiger partial charge in [0.05, 0.1) is 32.4 Å². The van der Waals surface area contributed by atoms with Crippen LogP contribution in [0.15, 0.2) is 18.2 Å². The number of H-pyrrole nitrogens is 1. The van der Waals surface area contributed by atoms with Crippen LogP contribution >= 0.6 is 0 Å². The molecule has 0 atom stereocenters. The summed E-state index contributed by atoms with van der Waals surface area (Å²) in [6.07, 6.45) is 0. The zero-order valence-electron chi connectivity index (χ0n) is 12.5. The number of aromatic nitrogens is 1. The summed E-state index contributed by atoms with van der Waals surface area (Å²) in [5.41, 5.74) is 1.72. The van der Waals surface area contributed by atoms with Crippen molar-refractivity contribution in [3.05, 3.63) is 18.2 Å². The molecule has 2 aromatic carbocycles. The third-order valence-electron chi connectivity index (χ3n) is 3.90. The van der Waals surface area contributed by atoms with Gasteiger partial charge in [0.2, 0.25) is 12.5 Å². The van der Waals surface area contributed by atoms with Gasteiger partial charge in [-0.2, -0.15) is 0 Å². The van der Waals surface area contributed by atoms with Gasteiger partial charge in [0.15, 0.2) is 11.5 Å². The molecule has 0 saturated carbocycles. The number of rotatable bonds is 3. The van der Waals surface area contributed by atoms with E-state index in [4.69, 9.17) is 23.7 Å². The van der Waals surface area contributed by atoms with Crippen LogP contribution in [0.2, 0.25) is 0 Å². The summed E-state index contributed by atoms with van der Waals surface area (Å²) < 4.78 is 27.3. The van der Waals surface area contributed by atoms with Gasteiger partial charge in [-0.15, -0.1) is 0 Å². The molecule has 2 heterocycles. The van der Waals surface area contributed by atoms with Crippen LogP contribution in [0.1, 0.15) is 0 Å². The Hall–Kier alpha value is -2.76. The molecule has 1 aliphatic heterocycles. The van der Waals surface area contributed by atoms with E-state index in [1.54, 1.807) is 21.3 Å². The van der Waals surface area contributed by atoms with Crippen LogP contribution in [0.3, 0.4) is 0 Å². The van der Waals surface area contributed by atoms with E-state index in [2.05, 4.69) is 4.98 Å². The van der Waals surface area contributed by atoms with Crippen molar-refractivity contribution in [3.63, 3.8) is 0 Å². The van der Waals surface area contributed by atoms with Crippen molar-refractivity contribution in [1.82, 2.24) is 4.98 Å². The maximum absolute atomic E-state index is 5.52. The van der Waals surface area contributed by atoms with Crippen molar-refractivity contribution in [2.24, 2.45) is 0 Å². The molecule has 22 heavy (non-hydrogen) atoms. The van der Waals surface area contributed by atoms with Gasteiger partial charge in [-0.1, -0.05) is 0 Å². The Morgan fingerprint density at radius 2 is 1.73 bits per heavy atom. The first kappa shape index (κ1) is 12.9. The molecule has 0 spiro atoms. The number of nitrogens with one attached hydrogen (secondary N) is 1.